The third kappa shape index (κ3) is 3.94. The van der Waals surface area contributed by atoms with Crippen molar-refractivity contribution < 1.29 is 9.53 Å². The lowest BCUT2D eigenvalue weighted by Crippen LogP contribution is -2.43. The second-order valence-electron chi connectivity index (χ2n) is 4.85. The number of nitrogens with zero attached hydrogens (tertiary/aromatic N) is 1. The van der Waals surface area contributed by atoms with Gasteiger partial charge in [-0.05, 0) is 31.6 Å². The van der Waals surface area contributed by atoms with Crippen LogP contribution in [0.4, 0.5) is 4.79 Å². The van der Waals surface area contributed by atoms with Crippen molar-refractivity contribution >= 4 is 6.03 Å². The van der Waals surface area contributed by atoms with Crippen molar-refractivity contribution in [3.8, 4) is 12.3 Å². The van der Waals surface area contributed by atoms with Gasteiger partial charge in [-0.15, -0.1) is 6.42 Å². The van der Waals surface area contributed by atoms with Crippen LogP contribution in [0.2, 0.25) is 0 Å². The molecular weight excluding hydrogens is 216 g/mol. The Morgan fingerprint density at radius 2 is 2.29 bits per heavy atom. The van der Waals surface area contributed by atoms with E-state index >= 15 is 0 Å². The smallest absolute Gasteiger partial charge is 0.318 e. The lowest BCUT2D eigenvalue weighted by molar-refractivity contribution is 0.109. The zero-order valence-corrected chi connectivity index (χ0v) is 10.2. The SMILES string of the molecule is C#CCN(CC1CC1)C(=O)NC[C@@H]1CCCO1. The van der Waals surface area contributed by atoms with Gasteiger partial charge in [0.25, 0.3) is 0 Å². The van der Waals surface area contributed by atoms with Crippen molar-refractivity contribution in [2.75, 3.05) is 26.2 Å². The van der Waals surface area contributed by atoms with E-state index in [1.807, 2.05) is 0 Å². The molecule has 1 saturated carbocycles. The molecule has 2 fully saturated rings. The van der Waals surface area contributed by atoms with Gasteiger partial charge in [0, 0.05) is 19.7 Å². The van der Waals surface area contributed by atoms with E-state index in [9.17, 15) is 4.79 Å². The first-order chi connectivity index (χ1) is 8.29. The largest absolute Gasteiger partial charge is 0.376 e. The number of hydrogen-bond acceptors (Lipinski definition) is 2. The molecule has 2 aliphatic rings. The third-order valence-corrected chi connectivity index (χ3v) is 3.25. The number of carbonyl (C=O) groups excluding carboxylic acids is 1. The van der Waals surface area contributed by atoms with Gasteiger partial charge in [-0.1, -0.05) is 5.92 Å². The molecule has 1 saturated heterocycles. The quantitative estimate of drug-likeness (QED) is 0.729. The van der Waals surface area contributed by atoms with Crippen LogP contribution in [0.3, 0.4) is 0 Å². The van der Waals surface area contributed by atoms with Gasteiger partial charge in [0.2, 0.25) is 0 Å². The minimum Gasteiger partial charge on any atom is -0.376 e. The Balaban J connectivity index is 1.72. The second-order valence-corrected chi connectivity index (χ2v) is 4.85. The van der Waals surface area contributed by atoms with E-state index in [-0.39, 0.29) is 12.1 Å². The minimum absolute atomic E-state index is 0.0506. The first kappa shape index (κ1) is 12.3. The van der Waals surface area contributed by atoms with E-state index in [1.54, 1.807) is 4.90 Å². The van der Waals surface area contributed by atoms with Gasteiger partial charge in [-0.2, -0.15) is 0 Å². The number of amides is 2. The Hall–Kier alpha value is -1.21. The average molecular weight is 236 g/mol. The van der Waals surface area contributed by atoms with Crippen molar-refractivity contribution in [3.05, 3.63) is 0 Å². The van der Waals surface area contributed by atoms with Gasteiger partial charge in [0.1, 0.15) is 0 Å². The molecule has 2 amide bonds. The molecule has 17 heavy (non-hydrogen) atoms. The van der Waals surface area contributed by atoms with E-state index in [2.05, 4.69) is 11.2 Å². The first-order valence-electron chi connectivity index (χ1n) is 6.37. The molecular formula is C13H20N2O2. The Labute approximate surface area is 103 Å². The van der Waals surface area contributed by atoms with E-state index in [0.717, 1.165) is 26.0 Å². The van der Waals surface area contributed by atoms with E-state index in [0.29, 0.717) is 19.0 Å². The molecule has 1 heterocycles. The van der Waals surface area contributed by atoms with Gasteiger partial charge in [0.05, 0.1) is 12.6 Å². The molecule has 0 spiro atoms. The molecule has 0 bridgehead atoms. The summed E-state index contributed by atoms with van der Waals surface area (Å²) < 4.78 is 5.46. The summed E-state index contributed by atoms with van der Waals surface area (Å²) in [4.78, 5) is 13.6. The topological polar surface area (TPSA) is 41.6 Å². The van der Waals surface area contributed by atoms with Gasteiger partial charge >= 0.3 is 6.03 Å². The molecule has 0 aromatic heterocycles. The Morgan fingerprint density at radius 1 is 1.47 bits per heavy atom. The van der Waals surface area contributed by atoms with Crippen molar-refractivity contribution in [1.29, 1.82) is 0 Å². The molecule has 1 aliphatic heterocycles. The van der Waals surface area contributed by atoms with Crippen LogP contribution < -0.4 is 5.32 Å². The summed E-state index contributed by atoms with van der Waals surface area (Å²) in [7, 11) is 0. The first-order valence-corrected chi connectivity index (χ1v) is 6.37. The monoisotopic (exact) mass is 236 g/mol. The number of hydrogen-bond donors (Lipinski definition) is 1. The molecule has 1 aliphatic carbocycles. The number of nitrogens with one attached hydrogen (secondary N) is 1. The normalized spacial score (nSPS) is 23.1. The van der Waals surface area contributed by atoms with Crippen molar-refractivity contribution in [1.82, 2.24) is 10.2 Å². The molecule has 0 unspecified atom stereocenters. The minimum atomic E-state index is -0.0506. The van der Waals surface area contributed by atoms with Gasteiger partial charge in [-0.25, -0.2) is 4.79 Å². The van der Waals surface area contributed by atoms with Crippen LogP contribution in [0, 0.1) is 18.3 Å². The predicted octanol–water partition coefficient (Wildman–Crippen LogP) is 1.22. The fourth-order valence-electron chi connectivity index (χ4n) is 2.06. The van der Waals surface area contributed by atoms with E-state index in [4.69, 9.17) is 11.2 Å². The van der Waals surface area contributed by atoms with Gasteiger partial charge in [0.15, 0.2) is 0 Å². The van der Waals surface area contributed by atoms with Crippen LogP contribution in [0.1, 0.15) is 25.7 Å². The summed E-state index contributed by atoms with van der Waals surface area (Å²) in [5.74, 6) is 3.21. The van der Waals surface area contributed by atoms with Crippen LogP contribution >= 0.6 is 0 Å². The third-order valence-electron chi connectivity index (χ3n) is 3.25. The van der Waals surface area contributed by atoms with Gasteiger partial charge < -0.3 is 15.0 Å². The van der Waals surface area contributed by atoms with Crippen LogP contribution in [0.25, 0.3) is 0 Å². The predicted molar refractivity (Wildman–Crippen MR) is 65.5 cm³/mol. The highest BCUT2D eigenvalue weighted by molar-refractivity contribution is 5.74. The zero-order chi connectivity index (χ0) is 12.1. The number of terminal acetylenes is 1. The van der Waals surface area contributed by atoms with Crippen molar-refractivity contribution in [3.63, 3.8) is 0 Å². The van der Waals surface area contributed by atoms with Crippen molar-refractivity contribution in [2.24, 2.45) is 5.92 Å². The molecule has 2 rings (SSSR count). The lowest BCUT2D eigenvalue weighted by Gasteiger charge is -2.21. The standard InChI is InChI=1S/C13H20N2O2/c1-2-7-15(10-11-5-6-11)13(16)14-9-12-4-3-8-17-12/h1,11-12H,3-10H2,(H,14,16)/t12-/m0/s1. The van der Waals surface area contributed by atoms with Crippen LogP contribution in [0.5, 0.6) is 0 Å². The fraction of sp³-hybridized carbons (Fsp3) is 0.769. The maximum Gasteiger partial charge on any atom is 0.318 e. The number of carbonyl (C=O) groups is 1. The summed E-state index contributed by atoms with van der Waals surface area (Å²) in [5.41, 5.74) is 0. The van der Waals surface area contributed by atoms with Crippen LogP contribution in [-0.2, 0) is 4.74 Å². The molecule has 94 valence electrons. The molecule has 1 N–H and O–H groups in total. The highest BCUT2D eigenvalue weighted by atomic mass is 16.5. The number of rotatable bonds is 5. The van der Waals surface area contributed by atoms with Crippen molar-refractivity contribution in [2.45, 2.75) is 31.8 Å². The lowest BCUT2D eigenvalue weighted by atomic mass is 10.2. The number of ether oxygens (including phenoxy) is 1. The Kier molecular flexibility index (Phi) is 4.27. The van der Waals surface area contributed by atoms with Gasteiger partial charge in [-0.3, -0.25) is 0 Å². The highest BCUT2D eigenvalue weighted by Crippen LogP contribution is 2.29. The molecule has 0 radical (unpaired) electrons. The molecule has 0 aromatic rings. The Bertz CT molecular complexity index is 301. The Morgan fingerprint density at radius 3 is 2.88 bits per heavy atom. The summed E-state index contributed by atoms with van der Waals surface area (Å²) in [5, 5.41) is 2.91. The van der Waals surface area contributed by atoms with Crippen LogP contribution in [0.15, 0.2) is 0 Å². The number of urea groups is 1. The molecule has 4 nitrogen and oxygen atoms in total. The second kappa shape index (κ2) is 5.92. The summed E-state index contributed by atoms with van der Waals surface area (Å²) >= 11 is 0. The maximum absolute atomic E-state index is 11.9. The molecule has 0 aromatic carbocycles. The highest BCUT2D eigenvalue weighted by Gasteiger charge is 2.26. The summed E-state index contributed by atoms with van der Waals surface area (Å²) in [6.45, 7) is 2.61. The molecule has 1 atom stereocenters. The van der Waals surface area contributed by atoms with E-state index < -0.39 is 0 Å². The maximum atomic E-state index is 11.9. The summed E-state index contributed by atoms with van der Waals surface area (Å²) in [6, 6.07) is -0.0506. The molecule has 4 heteroatoms. The summed E-state index contributed by atoms with van der Waals surface area (Å²) in [6.07, 6.45) is 10.1. The average Bonchev–Trinajstić information content (AvgIpc) is 2.99. The van der Waals surface area contributed by atoms with Crippen LogP contribution in [-0.4, -0.2) is 43.3 Å². The fourth-order valence-corrected chi connectivity index (χ4v) is 2.06. The van der Waals surface area contributed by atoms with E-state index in [1.165, 1.54) is 12.8 Å². The zero-order valence-electron chi connectivity index (χ0n) is 10.2.